The van der Waals surface area contributed by atoms with Crippen LogP contribution in [0, 0.1) is 5.92 Å². The van der Waals surface area contributed by atoms with Gasteiger partial charge in [-0.3, -0.25) is 0 Å². The Bertz CT molecular complexity index is 945. The summed E-state index contributed by atoms with van der Waals surface area (Å²) in [5.41, 5.74) is -2.68. The Morgan fingerprint density at radius 2 is 1.26 bits per heavy atom. The number of halogens is 6. The fraction of sp³-hybridized carbons (Fsp3) is 0.538. The summed E-state index contributed by atoms with van der Waals surface area (Å²) in [6, 6.07) is 8.85. The van der Waals surface area contributed by atoms with Crippen LogP contribution >= 0.6 is 0 Å². The van der Waals surface area contributed by atoms with Gasteiger partial charge in [-0.15, -0.1) is 0 Å². The fourth-order valence-corrected chi connectivity index (χ4v) is 4.71. The highest BCUT2D eigenvalue weighted by atomic mass is 19.4. The zero-order chi connectivity index (χ0) is 25.6. The van der Waals surface area contributed by atoms with Gasteiger partial charge in [0.1, 0.15) is 28.4 Å². The van der Waals surface area contributed by atoms with Gasteiger partial charge in [0.05, 0.1) is 6.61 Å². The van der Waals surface area contributed by atoms with Crippen molar-refractivity contribution in [2.24, 2.45) is 5.92 Å². The van der Waals surface area contributed by atoms with Crippen LogP contribution in [0.5, 0.6) is 17.2 Å². The molecule has 1 aliphatic rings. The van der Waals surface area contributed by atoms with Gasteiger partial charge >= 0.3 is 12.4 Å². The Hall–Kier alpha value is -2.58. The highest BCUT2D eigenvalue weighted by Gasteiger charge is 2.48. The molecule has 35 heavy (non-hydrogen) atoms. The quantitative estimate of drug-likeness (QED) is 0.253. The minimum absolute atomic E-state index is 0.222. The number of hydrogen-bond donors (Lipinski definition) is 0. The second-order valence-corrected chi connectivity index (χ2v) is 8.72. The van der Waals surface area contributed by atoms with E-state index >= 15 is 0 Å². The van der Waals surface area contributed by atoms with Crippen molar-refractivity contribution in [1.29, 1.82) is 0 Å². The van der Waals surface area contributed by atoms with Gasteiger partial charge in [0.25, 0.3) is 0 Å². The van der Waals surface area contributed by atoms with E-state index in [0.29, 0.717) is 11.7 Å². The summed E-state index contributed by atoms with van der Waals surface area (Å²) in [5.74, 6) is -0.275. The fourth-order valence-electron chi connectivity index (χ4n) is 4.71. The van der Waals surface area contributed by atoms with E-state index in [0.717, 1.165) is 30.9 Å². The minimum Gasteiger partial charge on any atom is -0.493 e. The lowest BCUT2D eigenvalue weighted by atomic mass is 9.77. The number of hydrogen-bond acceptors (Lipinski definition) is 3. The predicted octanol–water partition coefficient (Wildman–Crippen LogP) is 8.61. The predicted molar refractivity (Wildman–Crippen MR) is 120 cm³/mol. The first-order chi connectivity index (χ1) is 16.5. The summed E-state index contributed by atoms with van der Waals surface area (Å²) in [7, 11) is 0. The van der Waals surface area contributed by atoms with Gasteiger partial charge in [-0.2, -0.15) is 26.3 Å². The van der Waals surface area contributed by atoms with Gasteiger partial charge in [0, 0.05) is 0 Å². The number of ether oxygens (including phenoxy) is 3. The molecule has 0 aromatic heterocycles. The highest BCUT2D eigenvalue weighted by Crippen LogP contribution is 2.49. The molecule has 1 fully saturated rings. The molecule has 0 saturated heterocycles. The van der Waals surface area contributed by atoms with Crippen molar-refractivity contribution in [3.63, 3.8) is 0 Å². The number of rotatable bonds is 9. The first-order valence-corrected chi connectivity index (χ1v) is 11.8. The van der Waals surface area contributed by atoms with Crippen LogP contribution in [0.3, 0.4) is 0 Å². The SMILES string of the molecule is CCCC1CCC(c2ccc(OCOc3ccc(OCC)c(C(F)(F)F)c3C(F)(F)F)cc2)CC1. The third-order valence-electron chi connectivity index (χ3n) is 6.33. The second kappa shape index (κ2) is 11.4. The third-order valence-corrected chi connectivity index (χ3v) is 6.33. The zero-order valence-electron chi connectivity index (χ0n) is 19.8. The van der Waals surface area contributed by atoms with Gasteiger partial charge in [-0.1, -0.05) is 31.9 Å². The maximum Gasteiger partial charge on any atom is 0.420 e. The van der Waals surface area contributed by atoms with Crippen LogP contribution in [0.1, 0.15) is 75.0 Å². The molecule has 1 saturated carbocycles. The van der Waals surface area contributed by atoms with Crippen molar-refractivity contribution in [2.75, 3.05) is 13.4 Å². The molecule has 3 nitrogen and oxygen atoms in total. The van der Waals surface area contributed by atoms with Crippen molar-refractivity contribution < 1.29 is 40.6 Å². The molecule has 0 unspecified atom stereocenters. The molecule has 0 N–H and O–H groups in total. The molecular formula is C26H30F6O3. The maximum atomic E-state index is 13.6. The molecule has 0 aliphatic heterocycles. The molecule has 0 radical (unpaired) electrons. The zero-order valence-corrected chi connectivity index (χ0v) is 19.8. The molecule has 1 aliphatic carbocycles. The van der Waals surface area contributed by atoms with E-state index in [1.165, 1.54) is 38.2 Å². The van der Waals surface area contributed by atoms with E-state index in [4.69, 9.17) is 14.2 Å². The van der Waals surface area contributed by atoms with Crippen LogP contribution in [0.2, 0.25) is 0 Å². The van der Waals surface area contributed by atoms with E-state index in [9.17, 15) is 26.3 Å². The molecule has 194 valence electrons. The molecule has 0 amide bonds. The summed E-state index contributed by atoms with van der Waals surface area (Å²) in [4.78, 5) is 0. The van der Waals surface area contributed by atoms with Crippen LogP contribution in [-0.2, 0) is 12.4 Å². The van der Waals surface area contributed by atoms with Crippen LogP contribution in [0.4, 0.5) is 26.3 Å². The Morgan fingerprint density at radius 3 is 1.74 bits per heavy atom. The lowest BCUT2D eigenvalue weighted by Gasteiger charge is -2.28. The van der Waals surface area contributed by atoms with E-state index in [2.05, 4.69) is 6.92 Å². The smallest absolute Gasteiger partial charge is 0.420 e. The van der Waals surface area contributed by atoms with Crippen molar-refractivity contribution in [3.8, 4) is 17.2 Å². The molecule has 2 aromatic carbocycles. The van der Waals surface area contributed by atoms with Crippen molar-refractivity contribution in [1.82, 2.24) is 0 Å². The Labute approximate surface area is 201 Å². The third kappa shape index (κ3) is 6.98. The van der Waals surface area contributed by atoms with Crippen LogP contribution < -0.4 is 14.2 Å². The summed E-state index contributed by atoms with van der Waals surface area (Å²) in [6.45, 7) is 2.67. The highest BCUT2D eigenvalue weighted by molar-refractivity contribution is 5.52. The van der Waals surface area contributed by atoms with Crippen LogP contribution in [0.25, 0.3) is 0 Å². The Balaban J connectivity index is 1.68. The van der Waals surface area contributed by atoms with E-state index in [1.54, 1.807) is 12.1 Å². The van der Waals surface area contributed by atoms with Gasteiger partial charge in [0.15, 0.2) is 0 Å². The van der Waals surface area contributed by atoms with Crippen molar-refractivity contribution in [2.45, 2.75) is 70.6 Å². The van der Waals surface area contributed by atoms with Gasteiger partial charge < -0.3 is 14.2 Å². The summed E-state index contributed by atoms with van der Waals surface area (Å²) < 4.78 is 96.6. The topological polar surface area (TPSA) is 27.7 Å². The Kier molecular flexibility index (Phi) is 8.83. The van der Waals surface area contributed by atoms with E-state index in [1.807, 2.05) is 12.1 Å². The summed E-state index contributed by atoms with van der Waals surface area (Å²) in [5, 5.41) is 0. The van der Waals surface area contributed by atoms with Crippen LogP contribution in [-0.4, -0.2) is 13.4 Å². The van der Waals surface area contributed by atoms with E-state index in [-0.39, 0.29) is 6.61 Å². The average Bonchev–Trinajstić information content (AvgIpc) is 2.79. The molecule has 0 atom stereocenters. The standard InChI is InChI=1S/C26H30F6O3/c1-3-5-17-6-8-18(9-7-17)19-10-12-20(13-11-19)34-16-35-22-15-14-21(33-4-2)23(25(27,28)29)24(22)26(30,31)32/h10-15,17-18H,3-9,16H2,1-2H3. The lowest BCUT2D eigenvalue weighted by Crippen LogP contribution is -2.20. The molecule has 2 aromatic rings. The number of benzene rings is 2. The minimum atomic E-state index is -5.31. The molecule has 0 bridgehead atoms. The Morgan fingerprint density at radius 1 is 0.714 bits per heavy atom. The lowest BCUT2D eigenvalue weighted by molar-refractivity contribution is -0.164. The molecule has 0 spiro atoms. The largest absolute Gasteiger partial charge is 0.493 e. The maximum absolute atomic E-state index is 13.6. The molecule has 0 heterocycles. The first-order valence-electron chi connectivity index (χ1n) is 11.8. The summed E-state index contributed by atoms with van der Waals surface area (Å²) >= 11 is 0. The molecule has 9 heteroatoms. The number of alkyl halides is 6. The summed E-state index contributed by atoms with van der Waals surface area (Å²) in [6.07, 6.45) is -3.51. The van der Waals surface area contributed by atoms with Gasteiger partial charge in [0.2, 0.25) is 6.79 Å². The molecule has 3 rings (SSSR count). The van der Waals surface area contributed by atoms with Crippen molar-refractivity contribution in [3.05, 3.63) is 53.1 Å². The van der Waals surface area contributed by atoms with E-state index < -0.39 is 41.8 Å². The van der Waals surface area contributed by atoms with Gasteiger partial charge in [-0.05, 0) is 74.3 Å². The van der Waals surface area contributed by atoms with Crippen molar-refractivity contribution >= 4 is 0 Å². The first kappa shape index (κ1) is 27.0. The molecular weight excluding hydrogens is 474 g/mol. The average molecular weight is 505 g/mol. The van der Waals surface area contributed by atoms with Crippen LogP contribution in [0.15, 0.2) is 36.4 Å². The monoisotopic (exact) mass is 504 g/mol. The van der Waals surface area contributed by atoms with Gasteiger partial charge in [-0.25, -0.2) is 0 Å². The normalized spacial score (nSPS) is 18.9. The second-order valence-electron chi connectivity index (χ2n) is 8.72.